The molecule has 0 unspecified atom stereocenters. The Morgan fingerprint density at radius 2 is 1.61 bits per heavy atom. The Labute approximate surface area is 256 Å². The van der Waals surface area contributed by atoms with Crippen molar-refractivity contribution in [2.75, 3.05) is 24.5 Å². The van der Waals surface area contributed by atoms with Crippen LogP contribution in [0.25, 0.3) is 0 Å². The summed E-state index contributed by atoms with van der Waals surface area (Å²) in [5, 5.41) is 3.71. The minimum atomic E-state index is -4.28. The van der Waals surface area contributed by atoms with Gasteiger partial charge in [-0.1, -0.05) is 72.9 Å². The van der Waals surface area contributed by atoms with Gasteiger partial charge in [0.05, 0.1) is 27.7 Å². The molecule has 1 N–H and O–H groups in total. The third kappa shape index (κ3) is 8.29. The zero-order valence-electron chi connectivity index (χ0n) is 23.1. The first kappa shape index (κ1) is 32.5. The lowest BCUT2D eigenvalue weighted by molar-refractivity contribution is -0.139. The number of anilines is 1. The predicted molar refractivity (Wildman–Crippen MR) is 163 cm³/mol. The lowest BCUT2D eigenvalue weighted by Crippen LogP contribution is -2.51. The summed E-state index contributed by atoms with van der Waals surface area (Å²) >= 11 is 18.5. The van der Waals surface area contributed by atoms with Crippen LogP contribution in [0, 0.1) is 5.92 Å². The normalized spacial score (nSPS) is 12.1. The Hall–Kier alpha value is -2.98. The highest BCUT2D eigenvalue weighted by Gasteiger charge is 2.34. The molecule has 0 heterocycles. The number of carbonyl (C=O) groups excluding carboxylic acids is 2. The van der Waals surface area contributed by atoms with Gasteiger partial charge < -0.3 is 15.0 Å². The van der Waals surface area contributed by atoms with Crippen molar-refractivity contribution in [3.8, 4) is 5.75 Å². The fourth-order valence-electron chi connectivity index (χ4n) is 3.96. The number of rotatable bonds is 12. The summed E-state index contributed by atoms with van der Waals surface area (Å²) in [5.41, 5.74) is 0.678. The maximum atomic E-state index is 14.0. The number of carbonyl (C=O) groups is 2. The van der Waals surface area contributed by atoms with E-state index in [-0.39, 0.29) is 44.7 Å². The molecule has 2 amide bonds. The number of hydrogen-bond acceptors (Lipinski definition) is 5. The molecule has 0 aliphatic heterocycles. The molecular formula is C29H32Cl3N3O5S. The van der Waals surface area contributed by atoms with Crippen LogP contribution in [0.3, 0.4) is 0 Å². The van der Waals surface area contributed by atoms with Crippen LogP contribution in [-0.2, 0) is 26.2 Å². The van der Waals surface area contributed by atoms with Gasteiger partial charge in [0.25, 0.3) is 10.0 Å². The average Bonchev–Trinajstić information content (AvgIpc) is 2.95. The van der Waals surface area contributed by atoms with Gasteiger partial charge in [-0.3, -0.25) is 13.9 Å². The molecule has 0 bridgehead atoms. The van der Waals surface area contributed by atoms with E-state index in [0.29, 0.717) is 17.1 Å². The molecule has 0 aliphatic carbocycles. The third-order valence-electron chi connectivity index (χ3n) is 6.21. The number of sulfonamides is 1. The van der Waals surface area contributed by atoms with Crippen molar-refractivity contribution in [2.45, 2.75) is 38.3 Å². The van der Waals surface area contributed by atoms with Crippen molar-refractivity contribution >= 4 is 62.3 Å². The molecule has 3 aromatic rings. The zero-order valence-corrected chi connectivity index (χ0v) is 26.2. The van der Waals surface area contributed by atoms with Crippen molar-refractivity contribution in [2.24, 2.45) is 5.92 Å². The van der Waals surface area contributed by atoms with Gasteiger partial charge in [-0.05, 0) is 60.9 Å². The van der Waals surface area contributed by atoms with Crippen molar-refractivity contribution in [1.29, 1.82) is 0 Å². The Morgan fingerprint density at radius 1 is 0.927 bits per heavy atom. The van der Waals surface area contributed by atoms with Crippen molar-refractivity contribution < 1.29 is 22.7 Å². The number of nitrogens with zero attached hydrogens (tertiary/aromatic N) is 2. The number of hydrogen-bond donors (Lipinski definition) is 1. The molecular weight excluding hydrogens is 609 g/mol. The highest BCUT2D eigenvalue weighted by atomic mass is 35.5. The highest BCUT2D eigenvalue weighted by Crippen LogP contribution is 2.35. The lowest BCUT2D eigenvalue weighted by atomic mass is 10.1. The van der Waals surface area contributed by atoms with Crippen LogP contribution in [0.2, 0.25) is 15.1 Å². The van der Waals surface area contributed by atoms with Gasteiger partial charge >= 0.3 is 0 Å². The Kier molecular flexibility index (Phi) is 11.3. The van der Waals surface area contributed by atoms with Crippen molar-refractivity contribution in [3.63, 3.8) is 0 Å². The maximum Gasteiger partial charge on any atom is 0.264 e. The second-order valence-corrected chi connectivity index (χ2v) is 12.8. The molecule has 220 valence electrons. The van der Waals surface area contributed by atoms with Gasteiger partial charge in [-0.15, -0.1) is 0 Å². The summed E-state index contributed by atoms with van der Waals surface area (Å²) in [6, 6.07) is 16.1. The Balaban J connectivity index is 2.08. The smallest absolute Gasteiger partial charge is 0.264 e. The summed E-state index contributed by atoms with van der Waals surface area (Å²) in [6.45, 7) is 5.23. The summed E-state index contributed by atoms with van der Waals surface area (Å²) in [4.78, 5) is 28.4. The van der Waals surface area contributed by atoms with Gasteiger partial charge in [-0.25, -0.2) is 8.42 Å². The fraction of sp³-hybridized carbons (Fsp3) is 0.310. The van der Waals surface area contributed by atoms with Crippen LogP contribution in [0.1, 0.15) is 26.3 Å². The molecule has 0 fully saturated rings. The summed E-state index contributed by atoms with van der Waals surface area (Å²) in [5.74, 6) is -0.637. The largest absolute Gasteiger partial charge is 0.495 e. The van der Waals surface area contributed by atoms with E-state index in [0.717, 1.165) is 4.31 Å². The molecule has 0 saturated heterocycles. The Bertz CT molecular complexity index is 1490. The quantitative estimate of drug-likeness (QED) is 0.261. The monoisotopic (exact) mass is 639 g/mol. The lowest BCUT2D eigenvalue weighted by Gasteiger charge is -2.32. The predicted octanol–water partition coefficient (Wildman–Crippen LogP) is 6.04. The van der Waals surface area contributed by atoms with E-state index in [1.165, 1.54) is 36.3 Å². The van der Waals surface area contributed by atoms with Crippen LogP contribution >= 0.6 is 34.8 Å². The van der Waals surface area contributed by atoms with Gasteiger partial charge in [0.15, 0.2) is 0 Å². The zero-order chi connectivity index (χ0) is 30.3. The van der Waals surface area contributed by atoms with Gasteiger partial charge in [0.1, 0.15) is 18.3 Å². The third-order valence-corrected chi connectivity index (χ3v) is 8.96. The van der Waals surface area contributed by atoms with E-state index in [1.807, 2.05) is 13.8 Å². The molecule has 1 atom stereocenters. The first-order valence-corrected chi connectivity index (χ1v) is 15.3. The Morgan fingerprint density at radius 3 is 2.22 bits per heavy atom. The number of amides is 2. The standard InChI is InChI=1S/C29H32Cl3N3O5S/c1-19(2)16-33-29(37)20(3)34(17-21-10-12-24(31)25(32)14-21)28(36)18-35(26-15-22(30)11-13-27(26)40-4)41(38,39)23-8-6-5-7-9-23/h5-15,19-20H,16-18H2,1-4H3,(H,33,37)/t20-/m1/s1. The fourth-order valence-corrected chi connectivity index (χ4v) is 5.89. The second-order valence-electron chi connectivity index (χ2n) is 9.73. The summed E-state index contributed by atoms with van der Waals surface area (Å²) < 4.78 is 34.2. The minimum Gasteiger partial charge on any atom is -0.495 e. The average molecular weight is 641 g/mol. The molecule has 0 aliphatic rings. The van der Waals surface area contributed by atoms with Gasteiger partial charge in [-0.2, -0.15) is 0 Å². The highest BCUT2D eigenvalue weighted by molar-refractivity contribution is 7.92. The number of methoxy groups -OCH3 is 1. The second kappa shape index (κ2) is 14.3. The van der Waals surface area contributed by atoms with E-state index in [1.54, 1.807) is 49.4 Å². The molecule has 12 heteroatoms. The molecule has 3 rings (SSSR count). The van der Waals surface area contributed by atoms with Crippen LogP contribution in [0.15, 0.2) is 71.6 Å². The van der Waals surface area contributed by atoms with Gasteiger partial charge in [0.2, 0.25) is 11.8 Å². The molecule has 8 nitrogen and oxygen atoms in total. The first-order valence-electron chi connectivity index (χ1n) is 12.8. The molecule has 0 spiro atoms. The molecule has 0 saturated carbocycles. The van der Waals surface area contributed by atoms with Crippen molar-refractivity contribution in [3.05, 3.63) is 87.4 Å². The van der Waals surface area contributed by atoms with Crippen LogP contribution in [-0.4, -0.2) is 51.4 Å². The van der Waals surface area contributed by atoms with E-state index in [4.69, 9.17) is 39.5 Å². The summed E-state index contributed by atoms with van der Waals surface area (Å²) in [6.07, 6.45) is 0. The molecule has 41 heavy (non-hydrogen) atoms. The first-order chi connectivity index (χ1) is 19.3. The number of nitrogens with one attached hydrogen (secondary N) is 1. The number of benzene rings is 3. The van der Waals surface area contributed by atoms with E-state index in [2.05, 4.69) is 5.32 Å². The van der Waals surface area contributed by atoms with E-state index < -0.39 is 28.5 Å². The maximum absolute atomic E-state index is 14.0. The van der Waals surface area contributed by atoms with Gasteiger partial charge in [0, 0.05) is 18.1 Å². The molecule has 3 aromatic carbocycles. The van der Waals surface area contributed by atoms with Crippen molar-refractivity contribution in [1.82, 2.24) is 10.2 Å². The molecule has 0 aromatic heterocycles. The van der Waals surface area contributed by atoms with Crippen LogP contribution in [0.5, 0.6) is 5.75 Å². The van der Waals surface area contributed by atoms with E-state index in [9.17, 15) is 18.0 Å². The number of halogens is 3. The summed E-state index contributed by atoms with van der Waals surface area (Å²) in [7, 11) is -2.89. The molecule has 0 radical (unpaired) electrons. The number of ether oxygens (including phenoxy) is 1. The topological polar surface area (TPSA) is 96.0 Å². The minimum absolute atomic E-state index is 0.0299. The van der Waals surface area contributed by atoms with Crippen LogP contribution in [0.4, 0.5) is 5.69 Å². The van der Waals surface area contributed by atoms with E-state index >= 15 is 0 Å². The SMILES string of the molecule is COc1ccc(Cl)cc1N(CC(=O)N(Cc1ccc(Cl)c(Cl)c1)[C@H](C)C(=O)NCC(C)C)S(=O)(=O)c1ccccc1. The van der Waals surface area contributed by atoms with Crippen LogP contribution < -0.4 is 14.4 Å².